The zero-order valence-electron chi connectivity index (χ0n) is 10.8. The predicted molar refractivity (Wildman–Crippen MR) is 77.4 cm³/mol. The maximum Gasteiger partial charge on any atom is 0.240 e. The molecule has 1 aromatic rings. The fourth-order valence-electron chi connectivity index (χ4n) is 2.12. The van der Waals surface area contributed by atoms with Gasteiger partial charge in [0, 0.05) is 17.6 Å². The number of hydrogen-bond donors (Lipinski definition) is 2. The number of nitrogens with one attached hydrogen (secondary N) is 1. The van der Waals surface area contributed by atoms with E-state index in [9.17, 15) is 8.42 Å². The minimum absolute atomic E-state index is 0.0249. The molecule has 0 unspecified atom stereocenters. The third-order valence-corrected chi connectivity index (χ3v) is 5.40. The summed E-state index contributed by atoms with van der Waals surface area (Å²) in [5.74, 6) is 0. The van der Waals surface area contributed by atoms with Crippen molar-refractivity contribution in [3.8, 4) is 0 Å². The second-order valence-electron chi connectivity index (χ2n) is 5.26. The van der Waals surface area contributed by atoms with Crippen molar-refractivity contribution in [2.24, 2.45) is 5.41 Å². The maximum atomic E-state index is 12.2. The van der Waals surface area contributed by atoms with Gasteiger partial charge in [-0.3, -0.25) is 0 Å². The summed E-state index contributed by atoms with van der Waals surface area (Å²) in [6.45, 7) is 2.37. The number of aliphatic hydroxyl groups excluding tert-OH is 1. The van der Waals surface area contributed by atoms with E-state index in [4.69, 9.17) is 5.11 Å². The summed E-state index contributed by atoms with van der Waals surface area (Å²) in [4.78, 5) is 0.277. The highest BCUT2D eigenvalue weighted by Crippen LogP contribution is 2.48. The van der Waals surface area contributed by atoms with Crippen LogP contribution in [-0.4, -0.2) is 26.7 Å². The largest absolute Gasteiger partial charge is 0.396 e. The van der Waals surface area contributed by atoms with Gasteiger partial charge in [0.05, 0.1) is 4.90 Å². The normalized spacial score (nSPS) is 17.4. The molecule has 0 spiro atoms. The van der Waals surface area contributed by atoms with E-state index in [2.05, 4.69) is 20.7 Å². The monoisotopic (exact) mass is 347 g/mol. The van der Waals surface area contributed by atoms with Crippen LogP contribution in [0.4, 0.5) is 0 Å². The first-order chi connectivity index (χ1) is 8.87. The molecule has 1 saturated carbocycles. The lowest BCUT2D eigenvalue weighted by atomic mass is 10.0. The molecule has 1 aromatic carbocycles. The summed E-state index contributed by atoms with van der Waals surface area (Å²) in [5, 5.41) is 8.98. The van der Waals surface area contributed by atoms with E-state index in [-0.39, 0.29) is 16.9 Å². The van der Waals surface area contributed by atoms with Gasteiger partial charge in [-0.15, -0.1) is 0 Å². The molecule has 106 valence electrons. The molecule has 0 aromatic heterocycles. The van der Waals surface area contributed by atoms with Crippen LogP contribution >= 0.6 is 15.9 Å². The summed E-state index contributed by atoms with van der Waals surface area (Å²) < 4.78 is 27.9. The average molecular weight is 348 g/mol. The lowest BCUT2D eigenvalue weighted by molar-refractivity contribution is 0.249. The van der Waals surface area contributed by atoms with Crippen molar-refractivity contribution in [3.05, 3.63) is 28.2 Å². The first-order valence-corrected chi connectivity index (χ1v) is 8.52. The highest BCUT2D eigenvalue weighted by atomic mass is 79.9. The predicted octanol–water partition coefficient (Wildman–Crippen LogP) is 2.20. The molecule has 2 N–H and O–H groups in total. The average Bonchev–Trinajstić information content (AvgIpc) is 3.06. The van der Waals surface area contributed by atoms with Crippen LogP contribution in [0.5, 0.6) is 0 Å². The van der Waals surface area contributed by atoms with Gasteiger partial charge in [0.1, 0.15) is 0 Å². The molecule has 0 heterocycles. The number of halogens is 1. The molecule has 0 radical (unpaired) electrons. The Bertz CT molecular complexity index is 547. The van der Waals surface area contributed by atoms with Crippen LogP contribution in [0.25, 0.3) is 0 Å². The molecule has 1 fully saturated rings. The van der Waals surface area contributed by atoms with E-state index in [0.29, 0.717) is 13.0 Å². The van der Waals surface area contributed by atoms with Crippen molar-refractivity contribution in [1.82, 2.24) is 4.72 Å². The smallest absolute Gasteiger partial charge is 0.240 e. The summed E-state index contributed by atoms with van der Waals surface area (Å²) in [6.07, 6.45) is 2.62. The molecule has 0 bridgehead atoms. The standard InChI is InChI=1S/C13H18BrNO3S/c1-10-6-11(14)8-12(7-10)19(17,18)15-9-13(2-3-13)4-5-16/h6-8,15-16H,2-5,9H2,1H3. The van der Waals surface area contributed by atoms with Crippen LogP contribution in [0.3, 0.4) is 0 Å². The maximum absolute atomic E-state index is 12.2. The van der Waals surface area contributed by atoms with E-state index in [0.717, 1.165) is 22.9 Å². The van der Waals surface area contributed by atoms with E-state index in [1.807, 2.05) is 13.0 Å². The summed E-state index contributed by atoms with van der Waals surface area (Å²) >= 11 is 3.31. The van der Waals surface area contributed by atoms with Crippen LogP contribution in [0.1, 0.15) is 24.8 Å². The molecule has 0 atom stereocenters. The Kier molecular flexibility index (Phi) is 4.35. The van der Waals surface area contributed by atoms with Crippen molar-refractivity contribution in [3.63, 3.8) is 0 Å². The third kappa shape index (κ3) is 3.78. The Morgan fingerprint density at radius 2 is 2.05 bits per heavy atom. The van der Waals surface area contributed by atoms with Crippen LogP contribution < -0.4 is 4.72 Å². The van der Waals surface area contributed by atoms with Crippen molar-refractivity contribution in [2.75, 3.05) is 13.2 Å². The van der Waals surface area contributed by atoms with Crippen molar-refractivity contribution in [1.29, 1.82) is 0 Å². The molecule has 19 heavy (non-hydrogen) atoms. The minimum atomic E-state index is -3.48. The second kappa shape index (κ2) is 5.52. The summed E-state index contributed by atoms with van der Waals surface area (Å²) in [7, 11) is -3.48. The number of hydrogen-bond acceptors (Lipinski definition) is 3. The van der Waals surface area contributed by atoms with Gasteiger partial charge in [-0.05, 0) is 55.4 Å². The molecule has 1 aliphatic rings. The van der Waals surface area contributed by atoms with Gasteiger partial charge in [0.2, 0.25) is 10.0 Å². The van der Waals surface area contributed by atoms with Crippen molar-refractivity contribution < 1.29 is 13.5 Å². The van der Waals surface area contributed by atoms with Crippen LogP contribution in [0, 0.1) is 12.3 Å². The molecular weight excluding hydrogens is 330 g/mol. The van der Waals surface area contributed by atoms with Gasteiger partial charge in [0.25, 0.3) is 0 Å². The second-order valence-corrected chi connectivity index (χ2v) is 7.95. The summed E-state index contributed by atoms with van der Waals surface area (Å²) in [5.41, 5.74) is 0.870. The van der Waals surface area contributed by atoms with Crippen molar-refractivity contribution in [2.45, 2.75) is 31.1 Å². The van der Waals surface area contributed by atoms with Gasteiger partial charge < -0.3 is 5.11 Å². The van der Waals surface area contributed by atoms with Gasteiger partial charge in [-0.2, -0.15) is 0 Å². The topological polar surface area (TPSA) is 66.4 Å². The van der Waals surface area contributed by atoms with E-state index in [1.54, 1.807) is 12.1 Å². The SMILES string of the molecule is Cc1cc(Br)cc(S(=O)(=O)NCC2(CCO)CC2)c1. The lowest BCUT2D eigenvalue weighted by Gasteiger charge is -2.15. The number of sulfonamides is 1. The van der Waals surface area contributed by atoms with Crippen molar-refractivity contribution >= 4 is 26.0 Å². The molecule has 1 aliphatic carbocycles. The zero-order valence-corrected chi connectivity index (χ0v) is 13.2. The molecule has 6 heteroatoms. The Hall–Kier alpha value is -0.430. The number of benzene rings is 1. The molecule has 2 rings (SSSR count). The molecule has 0 saturated heterocycles. The number of rotatable bonds is 6. The highest BCUT2D eigenvalue weighted by molar-refractivity contribution is 9.10. The Morgan fingerprint density at radius 1 is 1.37 bits per heavy atom. The first kappa shape index (κ1) is 15.0. The summed E-state index contributed by atoms with van der Waals surface area (Å²) in [6, 6.07) is 5.12. The van der Waals surface area contributed by atoms with E-state index < -0.39 is 10.0 Å². The molecule has 0 aliphatic heterocycles. The quantitative estimate of drug-likeness (QED) is 0.828. The van der Waals surface area contributed by atoms with Gasteiger partial charge in [-0.1, -0.05) is 15.9 Å². The first-order valence-electron chi connectivity index (χ1n) is 6.25. The van der Waals surface area contributed by atoms with E-state index in [1.165, 1.54) is 0 Å². The van der Waals surface area contributed by atoms with Gasteiger partial charge >= 0.3 is 0 Å². The highest BCUT2D eigenvalue weighted by Gasteiger charge is 2.42. The van der Waals surface area contributed by atoms with Crippen LogP contribution in [0.2, 0.25) is 0 Å². The zero-order chi connectivity index (χ0) is 14.1. The molecule has 0 amide bonds. The number of aryl methyl sites for hydroxylation is 1. The third-order valence-electron chi connectivity index (χ3n) is 3.56. The molecule has 4 nitrogen and oxygen atoms in total. The Labute approximate surface area is 122 Å². The van der Waals surface area contributed by atoms with Crippen LogP contribution in [0.15, 0.2) is 27.6 Å². The lowest BCUT2D eigenvalue weighted by Crippen LogP contribution is -2.30. The Morgan fingerprint density at radius 3 is 2.58 bits per heavy atom. The van der Waals surface area contributed by atoms with Gasteiger partial charge in [-0.25, -0.2) is 13.1 Å². The van der Waals surface area contributed by atoms with Crippen LogP contribution in [-0.2, 0) is 10.0 Å². The van der Waals surface area contributed by atoms with Gasteiger partial charge in [0.15, 0.2) is 0 Å². The Balaban J connectivity index is 2.10. The fourth-order valence-corrected chi connectivity index (χ4v) is 4.16. The minimum Gasteiger partial charge on any atom is -0.396 e. The van der Waals surface area contributed by atoms with E-state index >= 15 is 0 Å². The number of aliphatic hydroxyl groups is 1. The fraction of sp³-hybridized carbons (Fsp3) is 0.538. The molecular formula is C13H18BrNO3S.